The number of hydrogen-bond donors (Lipinski definition) is 0. The van der Waals surface area contributed by atoms with Crippen LogP contribution in [0.25, 0.3) is 33.4 Å². The maximum Gasteiger partial charge on any atom is 0.110 e. The Morgan fingerprint density at radius 1 is 0.872 bits per heavy atom. The Hall–Kier alpha value is -3.64. The van der Waals surface area contributed by atoms with Crippen LogP contribution in [0.5, 0.6) is 0 Å². The Bertz CT molecular complexity index is 1740. The predicted molar refractivity (Wildman–Crippen MR) is 174 cm³/mol. The van der Waals surface area contributed by atoms with Gasteiger partial charge >= 0.3 is 0 Å². The molecule has 1 aliphatic heterocycles. The highest BCUT2D eigenvalue weighted by molar-refractivity contribution is 14.1. The first kappa shape index (κ1) is 25.6. The lowest BCUT2D eigenvalue weighted by molar-refractivity contribution is 0.722. The van der Waals surface area contributed by atoms with Crippen molar-refractivity contribution in [2.24, 2.45) is 0 Å². The fraction of sp³-hybridized carbons (Fsp3) is 0.171. The van der Waals surface area contributed by atoms with E-state index in [1.54, 1.807) is 0 Å². The maximum absolute atomic E-state index is 5.14. The number of nitrogens with zero attached hydrogens (tertiary/aromatic N) is 3. The van der Waals surface area contributed by atoms with Gasteiger partial charge in [-0.3, -0.25) is 0 Å². The van der Waals surface area contributed by atoms with E-state index in [2.05, 4.69) is 151 Å². The van der Waals surface area contributed by atoms with E-state index in [-0.39, 0.29) is 0 Å². The van der Waals surface area contributed by atoms with Gasteiger partial charge in [0.1, 0.15) is 5.82 Å². The summed E-state index contributed by atoms with van der Waals surface area (Å²) in [6, 6.07) is 30.6. The van der Waals surface area contributed by atoms with Crippen molar-refractivity contribution < 1.29 is 0 Å². The molecule has 0 saturated heterocycles. The first-order valence-corrected chi connectivity index (χ1v) is 14.6. The lowest BCUT2D eigenvalue weighted by Crippen LogP contribution is -2.20. The Balaban J connectivity index is 1.41. The Labute approximate surface area is 244 Å². The van der Waals surface area contributed by atoms with Crippen molar-refractivity contribution in [3.63, 3.8) is 0 Å². The van der Waals surface area contributed by atoms with E-state index >= 15 is 0 Å². The number of benzene rings is 4. The average molecular weight is 622 g/mol. The van der Waals surface area contributed by atoms with Gasteiger partial charge in [-0.1, -0.05) is 74.2 Å². The zero-order chi connectivity index (χ0) is 27.1. The minimum absolute atomic E-state index is 0.797. The molecule has 5 aromatic rings. The third-order valence-electron chi connectivity index (χ3n) is 7.66. The summed E-state index contributed by atoms with van der Waals surface area (Å²) in [5, 5.41) is 0. The van der Waals surface area contributed by atoms with Gasteiger partial charge in [0.2, 0.25) is 0 Å². The van der Waals surface area contributed by atoms with Crippen LogP contribution in [0.15, 0.2) is 97.6 Å². The van der Waals surface area contributed by atoms with Crippen LogP contribution in [-0.2, 0) is 13.0 Å². The molecule has 0 amide bonds. The molecule has 6 rings (SSSR count). The maximum atomic E-state index is 5.14. The van der Waals surface area contributed by atoms with Crippen LogP contribution in [0.2, 0.25) is 0 Å². The highest BCUT2D eigenvalue weighted by Crippen LogP contribution is 2.39. The van der Waals surface area contributed by atoms with E-state index < -0.39 is 0 Å². The quantitative estimate of drug-likeness (QED) is 0.176. The van der Waals surface area contributed by atoms with Gasteiger partial charge in [-0.25, -0.2) is 4.98 Å². The highest BCUT2D eigenvalue weighted by Gasteiger charge is 2.22. The highest BCUT2D eigenvalue weighted by atomic mass is 127. The largest absolute Gasteiger partial charge is 0.344 e. The number of para-hydroxylation sites is 1. The zero-order valence-corrected chi connectivity index (χ0v) is 24.9. The van der Waals surface area contributed by atoms with Gasteiger partial charge < -0.3 is 9.47 Å². The van der Waals surface area contributed by atoms with E-state index in [0.29, 0.717) is 0 Å². The third kappa shape index (κ3) is 4.71. The molecular formula is C35H32IN3. The summed E-state index contributed by atoms with van der Waals surface area (Å²) in [7, 11) is 2.14. The van der Waals surface area contributed by atoms with Crippen molar-refractivity contribution in [2.75, 3.05) is 11.9 Å². The molecule has 0 aliphatic carbocycles. The number of halogens is 1. The van der Waals surface area contributed by atoms with Gasteiger partial charge in [-0.05, 0) is 94.1 Å². The molecule has 0 radical (unpaired) electrons. The third-order valence-corrected chi connectivity index (χ3v) is 8.60. The molecule has 0 N–H and O–H groups in total. The van der Waals surface area contributed by atoms with E-state index in [1.807, 2.05) is 0 Å². The van der Waals surface area contributed by atoms with Gasteiger partial charge in [0.05, 0.1) is 11.0 Å². The molecule has 0 unspecified atom stereocenters. The molecule has 4 aromatic carbocycles. The molecule has 4 heteroatoms. The molecule has 1 aromatic heterocycles. The second-order valence-corrected chi connectivity index (χ2v) is 11.5. The summed E-state index contributed by atoms with van der Waals surface area (Å²) in [6.45, 7) is 9.57. The van der Waals surface area contributed by atoms with Crippen molar-refractivity contribution in [2.45, 2.75) is 33.2 Å². The molecule has 0 fully saturated rings. The van der Waals surface area contributed by atoms with E-state index in [4.69, 9.17) is 4.98 Å². The van der Waals surface area contributed by atoms with Crippen LogP contribution in [0.3, 0.4) is 0 Å². The van der Waals surface area contributed by atoms with E-state index in [0.717, 1.165) is 42.0 Å². The molecule has 194 valence electrons. The second-order valence-electron chi connectivity index (χ2n) is 10.3. The molecule has 1 aliphatic rings. The van der Waals surface area contributed by atoms with Gasteiger partial charge in [0.15, 0.2) is 0 Å². The van der Waals surface area contributed by atoms with Gasteiger partial charge in [0, 0.05) is 46.1 Å². The number of allylic oxidation sites excluding steroid dienone is 2. The fourth-order valence-corrected chi connectivity index (χ4v) is 6.33. The molecule has 2 heterocycles. The number of aryl methyl sites for hydroxylation is 2. The summed E-state index contributed by atoms with van der Waals surface area (Å²) >= 11 is 2.41. The van der Waals surface area contributed by atoms with Crippen LogP contribution in [0.4, 0.5) is 5.69 Å². The van der Waals surface area contributed by atoms with Gasteiger partial charge in [0.25, 0.3) is 0 Å². The summed E-state index contributed by atoms with van der Waals surface area (Å²) in [6.07, 6.45) is 4.22. The van der Waals surface area contributed by atoms with Crippen molar-refractivity contribution in [3.05, 3.63) is 129 Å². The standard InChI is InChI=1S/C35H32IN3/c1-5-10-34-37-35-24(3)19-27(32-20-23(2)28-11-7-9-14-31(28)38(32)4)21-33(35)39(34)22-25-15-17-26(18-16-25)29-12-6-8-13-30(29)36/h6-9,11-21H,2,5,10,22H2,1,3-4H3. The summed E-state index contributed by atoms with van der Waals surface area (Å²) in [5.41, 5.74) is 13.1. The first-order valence-electron chi connectivity index (χ1n) is 13.5. The number of imidazole rings is 1. The molecule has 3 nitrogen and oxygen atoms in total. The van der Waals surface area contributed by atoms with Crippen LogP contribution >= 0.6 is 22.6 Å². The lowest BCUT2D eigenvalue weighted by Gasteiger charge is -2.30. The SMILES string of the molecule is C=C1C=C(c2cc(C)c3nc(CCC)n(Cc4ccc(-c5ccccc5I)cc4)c3c2)N(C)c2ccccc21. The number of anilines is 1. The van der Waals surface area contributed by atoms with Crippen LogP contribution < -0.4 is 4.90 Å². The molecule has 0 bridgehead atoms. The van der Waals surface area contributed by atoms with Crippen LogP contribution in [0.1, 0.15) is 41.4 Å². The van der Waals surface area contributed by atoms with Crippen LogP contribution in [-0.4, -0.2) is 16.6 Å². The smallest absolute Gasteiger partial charge is 0.110 e. The minimum atomic E-state index is 0.797. The monoisotopic (exact) mass is 621 g/mol. The number of aromatic nitrogens is 2. The van der Waals surface area contributed by atoms with Crippen molar-refractivity contribution >= 4 is 50.6 Å². The second kappa shape index (κ2) is 10.5. The normalized spacial score (nSPS) is 13.1. The van der Waals surface area contributed by atoms with Gasteiger partial charge in [-0.2, -0.15) is 0 Å². The Morgan fingerprint density at radius 3 is 2.33 bits per heavy atom. The molecular weight excluding hydrogens is 589 g/mol. The van der Waals surface area contributed by atoms with Crippen LogP contribution in [0, 0.1) is 10.5 Å². The Kier molecular flexibility index (Phi) is 6.90. The van der Waals surface area contributed by atoms with Crippen molar-refractivity contribution in [1.82, 2.24) is 9.55 Å². The number of hydrogen-bond acceptors (Lipinski definition) is 2. The summed E-state index contributed by atoms with van der Waals surface area (Å²) < 4.78 is 3.69. The van der Waals surface area contributed by atoms with Gasteiger partial charge in [-0.15, -0.1) is 0 Å². The molecule has 39 heavy (non-hydrogen) atoms. The van der Waals surface area contributed by atoms with E-state index in [9.17, 15) is 0 Å². The minimum Gasteiger partial charge on any atom is -0.344 e. The zero-order valence-electron chi connectivity index (χ0n) is 22.7. The number of rotatable bonds is 6. The topological polar surface area (TPSA) is 21.1 Å². The fourth-order valence-electron chi connectivity index (χ4n) is 5.63. The number of fused-ring (bicyclic) bond motifs is 2. The summed E-state index contributed by atoms with van der Waals surface area (Å²) in [5.74, 6) is 1.15. The average Bonchev–Trinajstić information content (AvgIpc) is 3.29. The molecule has 0 atom stereocenters. The molecule has 0 spiro atoms. The van der Waals surface area contributed by atoms with Crippen molar-refractivity contribution in [3.8, 4) is 11.1 Å². The lowest BCUT2D eigenvalue weighted by atomic mass is 9.95. The predicted octanol–water partition coefficient (Wildman–Crippen LogP) is 9.12. The summed E-state index contributed by atoms with van der Waals surface area (Å²) in [4.78, 5) is 7.42. The van der Waals surface area contributed by atoms with Crippen molar-refractivity contribution in [1.29, 1.82) is 0 Å². The Morgan fingerprint density at radius 2 is 1.59 bits per heavy atom. The van der Waals surface area contributed by atoms with E-state index in [1.165, 1.54) is 48.2 Å². The molecule has 0 saturated carbocycles. The first-order chi connectivity index (χ1) is 18.9.